The summed E-state index contributed by atoms with van der Waals surface area (Å²) in [5.74, 6) is -0.0112. The fraction of sp³-hybridized carbons (Fsp3) is 0.269. The largest absolute Gasteiger partial charge is 0.353 e. The number of carbonyl (C=O) groups excluding carboxylic acids is 2. The van der Waals surface area contributed by atoms with Crippen molar-refractivity contribution in [3.63, 3.8) is 0 Å². The van der Waals surface area contributed by atoms with E-state index in [0.717, 1.165) is 34.3 Å². The molecular weight excluding hydrogens is 428 g/mol. The highest BCUT2D eigenvalue weighted by Gasteiger charge is 2.42. The Hall–Kier alpha value is -4.07. The molecule has 34 heavy (non-hydrogen) atoms. The lowest BCUT2D eigenvalue weighted by molar-refractivity contribution is -0.121. The van der Waals surface area contributed by atoms with Gasteiger partial charge in [-0.05, 0) is 36.2 Å². The predicted molar refractivity (Wildman–Crippen MR) is 130 cm³/mol. The van der Waals surface area contributed by atoms with Gasteiger partial charge >= 0.3 is 0 Å². The molecule has 0 aliphatic carbocycles. The third kappa shape index (κ3) is 3.17. The second-order valence-electron chi connectivity index (χ2n) is 8.84. The van der Waals surface area contributed by atoms with Crippen molar-refractivity contribution in [2.45, 2.75) is 25.7 Å². The Labute approximate surface area is 197 Å². The summed E-state index contributed by atoms with van der Waals surface area (Å²) in [4.78, 5) is 30.5. The van der Waals surface area contributed by atoms with Gasteiger partial charge in [-0.2, -0.15) is 5.10 Å². The summed E-state index contributed by atoms with van der Waals surface area (Å²) >= 11 is 0. The van der Waals surface area contributed by atoms with Crippen molar-refractivity contribution in [2.24, 2.45) is 0 Å². The Morgan fingerprint density at radius 2 is 1.94 bits per heavy atom. The predicted octanol–water partition coefficient (Wildman–Crippen LogP) is 2.80. The van der Waals surface area contributed by atoms with E-state index in [2.05, 4.69) is 32.0 Å². The maximum atomic E-state index is 13.4. The third-order valence-corrected chi connectivity index (χ3v) is 6.93. The lowest BCUT2D eigenvalue weighted by Crippen LogP contribution is -2.51. The Morgan fingerprint density at radius 1 is 1.12 bits per heavy atom. The van der Waals surface area contributed by atoms with Crippen molar-refractivity contribution in [1.82, 2.24) is 24.6 Å². The average Bonchev–Trinajstić information content (AvgIpc) is 3.49. The van der Waals surface area contributed by atoms with Gasteiger partial charge < -0.3 is 19.7 Å². The van der Waals surface area contributed by atoms with Crippen LogP contribution in [0.15, 0.2) is 67.0 Å². The maximum absolute atomic E-state index is 13.4. The quantitative estimate of drug-likeness (QED) is 0.503. The van der Waals surface area contributed by atoms with E-state index in [0.29, 0.717) is 19.6 Å². The molecule has 8 nitrogen and oxygen atoms in total. The van der Waals surface area contributed by atoms with E-state index in [1.165, 1.54) is 5.56 Å². The molecule has 4 heterocycles. The zero-order chi connectivity index (χ0) is 23.2. The molecule has 172 valence electrons. The number of hydrogen-bond donors (Lipinski definition) is 1. The molecule has 4 aromatic rings. The van der Waals surface area contributed by atoms with Crippen molar-refractivity contribution in [3.05, 3.63) is 83.8 Å². The molecule has 1 unspecified atom stereocenters. The van der Waals surface area contributed by atoms with Crippen LogP contribution in [0.2, 0.25) is 0 Å². The lowest BCUT2D eigenvalue weighted by Gasteiger charge is -2.46. The second kappa shape index (κ2) is 8.06. The Balaban J connectivity index is 1.38. The summed E-state index contributed by atoms with van der Waals surface area (Å²) in [7, 11) is 2.03. The minimum absolute atomic E-state index is 0.0461. The number of amides is 2. The number of anilines is 1. The maximum Gasteiger partial charge on any atom is 0.257 e. The van der Waals surface area contributed by atoms with Gasteiger partial charge in [0.15, 0.2) is 0 Å². The normalized spacial score (nSPS) is 16.9. The van der Waals surface area contributed by atoms with E-state index in [4.69, 9.17) is 0 Å². The molecule has 0 fully saturated rings. The Bertz CT molecular complexity index is 1390. The number of nitrogens with one attached hydrogen (secondary N) is 1. The molecule has 2 amide bonds. The van der Waals surface area contributed by atoms with E-state index < -0.39 is 0 Å². The van der Waals surface area contributed by atoms with Gasteiger partial charge in [-0.15, -0.1) is 0 Å². The number of nitrogens with zero attached hydrogens (tertiary/aromatic N) is 5. The van der Waals surface area contributed by atoms with Gasteiger partial charge in [-0.25, -0.2) is 0 Å². The van der Waals surface area contributed by atoms with Gasteiger partial charge in [-0.3, -0.25) is 14.3 Å². The molecular formula is C26H26N6O2. The second-order valence-corrected chi connectivity index (χ2v) is 8.84. The van der Waals surface area contributed by atoms with E-state index in [1.54, 1.807) is 10.9 Å². The molecule has 0 bridgehead atoms. The van der Waals surface area contributed by atoms with Gasteiger partial charge in [0, 0.05) is 43.4 Å². The number of para-hydroxylation sites is 2. The van der Waals surface area contributed by atoms with Gasteiger partial charge in [0.25, 0.3) is 5.91 Å². The van der Waals surface area contributed by atoms with Crippen molar-refractivity contribution in [3.8, 4) is 0 Å². The van der Waals surface area contributed by atoms with E-state index in [9.17, 15) is 9.59 Å². The zero-order valence-corrected chi connectivity index (χ0v) is 19.0. The highest BCUT2D eigenvalue weighted by molar-refractivity contribution is 6.02. The van der Waals surface area contributed by atoms with Crippen molar-refractivity contribution >= 4 is 28.4 Å². The molecule has 0 saturated carbocycles. The van der Waals surface area contributed by atoms with E-state index >= 15 is 0 Å². The van der Waals surface area contributed by atoms with E-state index in [-0.39, 0.29) is 24.5 Å². The van der Waals surface area contributed by atoms with Gasteiger partial charge in [0.05, 0.1) is 23.5 Å². The van der Waals surface area contributed by atoms with Crippen LogP contribution in [-0.2, 0) is 24.3 Å². The van der Waals surface area contributed by atoms with E-state index in [1.807, 2.05) is 60.6 Å². The fourth-order valence-electron chi connectivity index (χ4n) is 5.42. The summed E-state index contributed by atoms with van der Waals surface area (Å²) in [5.41, 5.74) is 4.92. The van der Waals surface area contributed by atoms with Crippen LogP contribution in [0, 0.1) is 0 Å². The first-order chi connectivity index (χ1) is 16.6. The van der Waals surface area contributed by atoms with Gasteiger partial charge in [0.2, 0.25) is 5.91 Å². The summed E-state index contributed by atoms with van der Waals surface area (Å²) < 4.78 is 3.90. The highest BCUT2D eigenvalue weighted by atomic mass is 16.2. The molecule has 2 aliphatic rings. The topological polar surface area (TPSA) is 75.4 Å². The summed E-state index contributed by atoms with van der Waals surface area (Å²) in [5, 5.41) is 8.36. The van der Waals surface area contributed by atoms with Crippen molar-refractivity contribution < 1.29 is 9.59 Å². The van der Waals surface area contributed by atoms with Crippen LogP contribution in [-0.4, -0.2) is 51.2 Å². The van der Waals surface area contributed by atoms with Crippen LogP contribution >= 0.6 is 0 Å². The average molecular weight is 455 g/mol. The smallest absolute Gasteiger partial charge is 0.257 e. The molecule has 8 heteroatoms. The van der Waals surface area contributed by atoms with Crippen LogP contribution in [0.25, 0.3) is 10.9 Å². The van der Waals surface area contributed by atoms with Crippen LogP contribution in [0.1, 0.15) is 27.8 Å². The Kier molecular flexibility index (Phi) is 4.86. The molecule has 2 aliphatic heterocycles. The first-order valence-electron chi connectivity index (χ1n) is 11.6. The highest BCUT2D eigenvalue weighted by Crippen LogP contribution is 2.44. The first-order valence-corrected chi connectivity index (χ1v) is 11.6. The number of benzene rings is 2. The zero-order valence-electron chi connectivity index (χ0n) is 19.0. The van der Waals surface area contributed by atoms with Gasteiger partial charge in [-0.1, -0.05) is 30.3 Å². The standard InChI is InChI=1S/C26H26N6O2/c1-29-21-9-4-3-8-20(21)26(34)31-15-11-19-18-7-2-5-10-22(18)32(24(19)25(29)31)17-23(33)27-13-16-30-14-6-12-28-30/h2-10,12,14,25H,11,13,15-17H2,1H3,(H,27,33). The van der Waals surface area contributed by atoms with Crippen molar-refractivity contribution in [1.29, 1.82) is 0 Å². The molecule has 2 aromatic carbocycles. The molecule has 0 spiro atoms. The summed E-state index contributed by atoms with van der Waals surface area (Å²) in [6.45, 7) is 1.97. The van der Waals surface area contributed by atoms with Crippen LogP contribution < -0.4 is 10.2 Å². The molecule has 6 rings (SSSR count). The summed E-state index contributed by atoms with van der Waals surface area (Å²) in [6.07, 6.45) is 4.12. The number of fused-ring (bicyclic) bond motifs is 6. The Morgan fingerprint density at radius 3 is 2.79 bits per heavy atom. The van der Waals surface area contributed by atoms with Gasteiger partial charge in [0.1, 0.15) is 12.7 Å². The first kappa shape index (κ1) is 20.5. The lowest BCUT2D eigenvalue weighted by atomic mass is 9.96. The number of rotatable bonds is 5. The minimum Gasteiger partial charge on any atom is -0.353 e. The molecule has 0 saturated heterocycles. The number of carbonyl (C=O) groups is 2. The third-order valence-electron chi connectivity index (χ3n) is 6.93. The fourth-order valence-corrected chi connectivity index (χ4v) is 5.42. The SMILES string of the molecule is CN1c2ccccc2C(=O)N2CCc3c(n(CC(=O)NCCn4cccn4)c4ccccc34)C21. The molecule has 2 aromatic heterocycles. The van der Waals surface area contributed by atoms with Crippen molar-refractivity contribution in [2.75, 3.05) is 25.0 Å². The molecule has 1 N–H and O–H groups in total. The van der Waals surface area contributed by atoms with Crippen LogP contribution in [0.3, 0.4) is 0 Å². The molecule has 1 atom stereocenters. The summed E-state index contributed by atoms with van der Waals surface area (Å²) in [6, 6.07) is 17.8. The van der Waals surface area contributed by atoms with Crippen LogP contribution in [0.5, 0.6) is 0 Å². The van der Waals surface area contributed by atoms with Crippen LogP contribution in [0.4, 0.5) is 5.69 Å². The minimum atomic E-state index is -0.254. The monoisotopic (exact) mass is 454 g/mol. The number of aromatic nitrogens is 3. The molecule has 0 radical (unpaired) electrons. The number of hydrogen-bond acceptors (Lipinski definition) is 4.